The summed E-state index contributed by atoms with van der Waals surface area (Å²) in [5, 5.41) is 2.87. The molecule has 12 heavy (non-hydrogen) atoms. The third kappa shape index (κ3) is 2.27. The molecule has 1 aromatic rings. The first kappa shape index (κ1) is 9.13. The van der Waals surface area contributed by atoms with Crippen LogP contribution in [0.5, 0.6) is 0 Å². The maximum absolute atomic E-state index is 12.9. The second kappa shape index (κ2) is 4.16. The molecular formula is C9H11F2N. The Kier molecular flexibility index (Phi) is 3.17. The first-order chi connectivity index (χ1) is 5.74. The summed E-state index contributed by atoms with van der Waals surface area (Å²) in [6, 6.07) is 3.51. The Labute approximate surface area is 70.4 Å². The van der Waals surface area contributed by atoms with Crippen molar-refractivity contribution >= 4 is 0 Å². The highest BCUT2D eigenvalue weighted by Crippen LogP contribution is 2.09. The lowest BCUT2D eigenvalue weighted by Crippen LogP contribution is -2.11. The van der Waals surface area contributed by atoms with Gasteiger partial charge in [-0.2, -0.15) is 0 Å². The van der Waals surface area contributed by atoms with Crippen LogP contribution in [0.2, 0.25) is 0 Å². The predicted octanol–water partition coefficient (Wildman–Crippen LogP) is 1.73. The van der Waals surface area contributed by atoms with Crippen molar-refractivity contribution in [3.05, 3.63) is 35.4 Å². The Morgan fingerprint density at radius 2 is 2.08 bits per heavy atom. The summed E-state index contributed by atoms with van der Waals surface area (Å²) in [5.41, 5.74) is 0.421. The van der Waals surface area contributed by atoms with Gasteiger partial charge in [0.25, 0.3) is 0 Å². The minimum absolute atomic E-state index is 0.341. The van der Waals surface area contributed by atoms with E-state index in [0.29, 0.717) is 18.5 Å². The van der Waals surface area contributed by atoms with Crippen LogP contribution in [0, 0.1) is 11.6 Å². The van der Waals surface area contributed by atoms with Crippen molar-refractivity contribution in [2.24, 2.45) is 0 Å². The zero-order valence-corrected chi connectivity index (χ0v) is 6.90. The Balaban J connectivity index is 2.75. The van der Waals surface area contributed by atoms with Gasteiger partial charge in [0.1, 0.15) is 11.6 Å². The number of nitrogens with one attached hydrogen (secondary N) is 1. The van der Waals surface area contributed by atoms with Crippen LogP contribution in [0.3, 0.4) is 0 Å². The van der Waals surface area contributed by atoms with Gasteiger partial charge in [-0.3, -0.25) is 0 Å². The molecule has 0 aliphatic rings. The highest BCUT2D eigenvalue weighted by atomic mass is 19.1. The number of likely N-dealkylation sites (N-methyl/N-ethyl adjacent to an activating group) is 1. The minimum atomic E-state index is -0.387. The third-order valence-corrected chi connectivity index (χ3v) is 1.65. The molecule has 0 unspecified atom stereocenters. The molecule has 0 aliphatic carbocycles. The Morgan fingerprint density at radius 1 is 1.33 bits per heavy atom. The van der Waals surface area contributed by atoms with Crippen LogP contribution in [0.4, 0.5) is 8.78 Å². The van der Waals surface area contributed by atoms with E-state index in [0.717, 1.165) is 12.1 Å². The van der Waals surface area contributed by atoms with Crippen molar-refractivity contribution < 1.29 is 8.78 Å². The maximum Gasteiger partial charge on any atom is 0.126 e. The third-order valence-electron chi connectivity index (χ3n) is 1.65. The smallest absolute Gasteiger partial charge is 0.126 e. The summed E-state index contributed by atoms with van der Waals surface area (Å²) in [6.07, 6.45) is 0.514. The lowest BCUT2D eigenvalue weighted by atomic mass is 10.1. The van der Waals surface area contributed by atoms with Gasteiger partial charge in [0, 0.05) is 0 Å². The number of hydrogen-bond acceptors (Lipinski definition) is 1. The second-order valence-corrected chi connectivity index (χ2v) is 2.59. The summed E-state index contributed by atoms with van der Waals surface area (Å²) in [6.45, 7) is 0.653. The molecule has 0 heterocycles. The van der Waals surface area contributed by atoms with Crippen molar-refractivity contribution in [3.63, 3.8) is 0 Å². The van der Waals surface area contributed by atoms with Crippen LogP contribution in [0.25, 0.3) is 0 Å². The predicted molar refractivity (Wildman–Crippen MR) is 44.0 cm³/mol. The van der Waals surface area contributed by atoms with Crippen molar-refractivity contribution in [1.82, 2.24) is 5.32 Å². The van der Waals surface area contributed by atoms with E-state index >= 15 is 0 Å². The topological polar surface area (TPSA) is 12.0 Å². The molecule has 0 atom stereocenters. The minimum Gasteiger partial charge on any atom is -0.319 e. The van der Waals surface area contributed by atoms with Crippen molar-refractivity contribution in [2.75, 3.05) is 13.6 Å². The molecule has 0 spiro atoms. The van der Waals surface area contributed by atoms with Crippen LogP contribution in [-0.4, -0.2) is 13.6 Å². The molecule has 0 aromatic heterocycles. The summed E-state index contributed by atoms with van der Waals surface area (Å²) >= 11 is 0. The van der Waals surface area contributed by atoms with Gasteiger partial charge >= 0.3 is 0 Å². The number of rotatable bonds is 3. The average molecular weight is 171 g/mol. The first-order valence-corrected chi connectivity index (χ1v) is 3.82. The van der Waals surface area contributed by atoms with Gasteiger partial charge in [0.2, 0.25) is 0 Å². The lowest BCUT2D eigenvalue weighted by Gasteiger charge is -2.01. The van der Waals surface area contributed by atoms with E-state index in [-0.39, 0.29) is 11.6 Å². The number of hydrogen-bond donors (Lipinski definition) is 1. The van der Waals surface area contributed by atoms with E-state index in [1.165, 1.54) is 6.07 Å². The summed E-state index contributed by atoms with van der Waals surface area (Å²) in [7, 11) is 1.78. The van der Waals surface area contributed by atoms with E-state index in [2.05, 4.69) is 5.32 Å². The fourth-order valence-electron chi connectivity index (χ4n) is 0.995. The average Bonchev–Trinajstić information content (AvgIpc) is 2.07. The van der Waals surface area contributed by atoms with Gasteiger partial charge in [0.05, 0.1) is 0 Å². The van der Waals surface area contributed by atoms with Crippen molar-refractivity contribution in [3.8, 4) is 0 Å². The molecule has 0 aliphatic heterocycles. The molecule has 1 rings (SSSR count). The molecule has 0 bridgehead atoms. The molecule has 1 nitrogen and oxygen atoms in total. The van der Waals surface area contributed by atoms with Gasteiger partial charge in [-0.25, -0.2) is 8.78 Å². The Morgan fingerprint density at radius 3 is 2.75 bits per heavy atom. The first-order valence-electron chi connectivity index (χ1n) is 3.82. The van der Waals surface area contributed by atoms with Crippen LogP contribution >= 0.6 is 0 Å². The Bertz CT molecular complexity index is 261. The molecule has 66 valence electrons. The maximum atomic E-state index is 12.9. The number of benzene rings is 1. The van der Waals surface area contributed by atoms with Crippen LogP contribution in [0.1, 0.15) is 5.56 Å². The monoisotopic (exact) mass is 171 g/mol. The van der Waals surface area contributed by atoms with E-state index < -0.39 is 0 Å². The van der Waals surface area contributed by atoms with Crippen LogP contribution < -0.4 is 5.32 Å². The molecular weight excluding hydrogens is 160 g/mol. The van der Waals surface area contributed by atoms with Gasteiger partial charge in [0.15, 0.2) is 0 Å². The zero-order chi connectivity index (χ0) is 8.97. The molecule has 0 radical (unpaired) electrons. The lowest BCUT2D eigenvalue weighted by molar-refractivity contribution is 0.581. The van der Waals surface area contributed by atoms with Crippen molar-refractivity contribution in [2.45, 2.75) is 6.42 Å². The standard InChI is InChI=1S/C9H11F2N/c1-12-5-4-7-6-8(10)2-3-9(7)11/h2-3,6,12H,4-5H2,1H3. The molecule has 3 heteroatoms. The van der Waals surface area contributed by atoms with Crippen molar-refractivity contribution in [1.29, 1.82) is 0 Å². The molecule has 0 fully saturated rings. The van der Waals surface area contributed by atoms with E-state index in [4.69, 9.17) is 0 Å². The van der Waals surface area contributed by atoms with Gasteiger partial charge < -0.3 is 5.32 Å². The second-order valence-electron chi connectivity index (χ2n) is 2.59. The van der Waals surface area contributed by atoms with Gasteiger partial charge in [-0.15, -0.1) is 0 Å². The normalized spacial score (nSPS) is 10.2. The highest BCUT2D eigenvalue weighted by Gasteiger charge is 2.01. The molecule has 0 saturated carbocycles. The van der Waals surface area contributed by atoms with Gasteiger partial charge in [-0.05, 0) is 43.8 Å². The quantitative estimate of drug-likeness (QED) is 0.730. The molecule has 1 aromatic carbocycles. The number of halogens is 2. The van der Waals surface area contributed by atoms with Crippen LogP contribution in [0.15, 0.2) is 18.2 Å². The van der Waals surface area contributed by atoms with E-state index in [9.17, 15) is 8.78 Å². The molecule has 0 amide bonds. The van der Waals surface area contributed by atoms with E-state index in [1.54, 1.807) is 7.05 Å². The molecule has 0 saturated heterocycles. The van der Waals surface area contributed by atoms with E-state index in [1.807, 2.05) is 0 Å². The largest absolute Gasteiger partial charge is 0.319 e. The molecule has 1 N–H and O–H groups in total. The fraction of sp³-hybridized carbons (Fsp3) is 0.333. The summed E-state index contributed by atoms with van der Waals surface area (Å²) in [4.78, 5) is 0. The van der Waals surface area contributed by atoms with Crippen LogP contribution in [-0.2, 0) is 6.42 Å². The Hall–Kier alpha value is -0.960. The van der Waals surface area contributed by atoms with Gasteiger partial charge in [-0.1, -0.05) is 0 Å². The fourth-order valence-corrected chi connectivity index (χ4v) is 0.995. The SMILES string of the molecule is CNCCc1cc(F)ccc1F. The summed E-state index contributed by atoms with van der Waals surface area (Å²) < 4.78 is 25.5. The zero-order valence-electron chi connectivity index (χ0n) is 6.90. The summed E-state index contributed by atoms with van der Waals surface area (Å²) in [5.74, 6) is -0.728. The highest BCUT2D eigenvalue weighted by molar-refractivity contribution is 5.18.